The Labute approximate surface area is 103 Å². The Hall–Kier alpha value is -1.42. The van der Waals surface area contributed by atoms with Crippen LogP contribution in [0.25, 0.3) is 0 Å². The number of hydrogen-bond donors (Lipinski definition) is 1. The molecule has 0 radical (unpaired) electrons. The van der Waals surface area contributed by atoms with Gasteiger partial charge in [-0.1, -0.05) is 6.07 Å². The van der Waals surface area contributed by atoms with E-state index >= 15 is 0 Å². The maximum absolute atomic E-state index is 11.1. The molecule has 0 aromatic carbocycles. The first-order valence-corrected chi connectivity index (χ1v) is 5.97. The Balaban J connectivity index is 2.37. The highest BCUT2D eigenvalue weighted by Gasteiger charge is 2.12. The lowest BCUT2D eigenvalue weighted by Crippen LogP contribution is -2.26. The Morgan fingerprint density at radius 2 is 2.29 bits per heavy atom. The van der Waals surface area contributed by atoms with E-state index in [1.165, 1.54) is 0 Å². The topological polar surface area (TPSA) is 45.2 Å². The average molecular weight is 235 g/mol. The third-order valence-electron chi connectivity index (χ3n) is 2.97. The van der Waals surface area contributed by atoms with Gasteiger partial charge in [0.1, 0.15) is 0 Å². The summed E-state index contributed by atoms with van der Waals surface area (Å²) in [5, 5.41) is 2.63. The minimum absolute atomic E-state index is 0.101. The molecule has 0 bridgehead atoms. The van der Waals surface area contributed by atoms with Gasteiger partial charge in [0.25, 0.3) is 0 Å². The zero-order chi connectivity index (χ0) is 12.7. The van der Waals surface area contributed by atoms with Gasteiger partial charge in [0, 0.05) is 25.7 Å². The van der Waals surface area contributed by atoms with Gasteiger partial charge in [-0.2, -0.15) is 0 Å². The molecule has 1 N–H and O–H groups in total. The SMILES string of the molecule is CNC(=O)CCCN(C)C(C)c1ccccn1. The number of hydrogen-bond acceptors (Lipinski definition) is 3. The zero-order valence-electron chi connectivity index (χ0n) is 10.8. The van der Waals surface area contributed by atoms with E-state index in [9.17, 15) is 4.79 Å². The molecule has 1 aromatic heterocycles. The minimum Gasteiger partial charge on any atom is -0.359 e. The van der Waals surface area contributed by atoms with E-state index in [2.05, 4.69) is 29.2 Å². The summed E-state index contributed by atoms with van der Waals surface area (Å²) < 4.78 is 0. The molecule has 1 amide bonds. The van der Waals surface area contributed by atoms with Crippen molar-refractivity contribution in [3.8, 4) is 0 Å². The zero-order valence-corrected chi connectivity index (χ0v) is 10.8. The Morgan fingerprint density at radius 1 is 1.53 bits per heavy atom. The van der Waals surface area contributed by atoms with E-state index in [-0.39, 0.29) is 11.9 Å². The van der Waals surface area contributed by atoms with Gasteiger partial charge in [-0.15, -0.1) is 0 Å². The molecule has 0 saturated heterocycles. The largest absolute Gasteiger partial charge is 0.359 e. The second-order valence-electron chi connectivity index (χ2n) is 4.19. The van der Waals surface area contributed by atoms with E-state index in [1.54, 1.807) is 7.05 Å². The average Bonchev–Trinajstić information content (AvgIpc) is 2.38. The van der Waals surface area contributed by atoms with Crippen molar-refractivity contribution in [1.82, 2.24) is 15.2 Å². The minimum atomic E-state index is 0.101. The van der Waals surface area contributed by atoms with Crippen LogP contribution in [0.3, 0.4) is 0 Å². The molecule has 94 valence electrons. The van der Waals surface area contributed by atoms with Crippen LogP contribution in [0.15, 0.2) is 24.4 Å². The van der Waals surface area contributed by atoms with E-state index in [1.807, 2.05) is 24.4 Å². The van der Waals surface area contributed by atoms with Crippen LogP contribution in [0.4, 0.5) is 0 Å². The predicted molar refractivity (Wildman–Crippen MR) is 68.6 cm³/mol. The molecule has 0 fully saturated rings. The first-order chi connectivity index (χ1) is 8.15. The Bertz CT molecular complexity index is 340. The monoisotopic (exact) mass is 235 g/mol. The van der Waals surface area contributed by atoms with Crippen molar-refractivity contribution < 1.29 is 4.79 Å². The molecule has 0 aliphatic carbocycles. The van der Waals surface area contributed by atoms with Crippen molar-refractivity contribution >= 4 is 5.91 Å². The molecule has 0 aliphatic rings. The van der Waals surface area contributed by atoms with Crippen LogP contribution in [0, 0.1) is 0 Å². The maximum atomic E-state index is 11.1. The van der Waals surface area contributed by atoms with Crippen LogP contribution in [0.1, 0.15) is 31.5 Å². The molecule has 0 saturated carbocycles. The van der Waals surface area contributed by atoms with Crippen LogP contribution < -0.4 is 5.32 Å². The number of amides is 1. The van der Waals surface area contributed by atoms with E-state index < -0.39 is 0 Å². The summed E-state index contributed by atoms with van der Waals surface area (Å²) >= 11 is 0. The lowest BCUT2D eigenvalue weighted by Gasteiger charge is -2.23. The molecule has 4 nitrogen and oxygen atoms in total. The third-order valence-corrected chi connectivity index (χ3v) is 2.97. The number of carbonyl (C=O) groups excluding carboxylic acids is 1. The number of nitrogens with zero attached hydrogens (tertiary/aromatic N) is 2. The van der Waals surface area contributed by atoms with Crippen molar-refractivity contribution in [2.45, 2.75) is 25.8 Å². The van der Waals surface area contributed by atoms with Crippen molar-refractivity contribution in [3.05, 3.63) is 30.1 Å². The molecule has 0 aliphatic heterocycles. The Morgan fingerprint density at radius 3 is 2.88 bits per heavy atom. The highest BCUT2D eigenvalue weighted by Crippen LogP contribution is 2.15. The highest BCUT2D eigenvalue weighted by molar-refractivity contribution is 5.75. The molecule has 1 rings (SSSR count). The van der Waals surface area contributed by atoms with Gasteiger partial charge >= 0.3 is 0 Å². The van der Waals surface area contributed by atoms with Crippen molar-refractivity contribution in [1.29, 1.82) is 0 Å². The van der Waals surface area contributed by atoms with Crippen LogP contribution >= 0.6 is 0 Å². The fourth-order valence-corrected chi connectivity index (χ4v) is 1.66. The van der Waals surface area contributed by atoms with Crippen LogP contribution in [0.5, 0.6) is 0 Å². The third kappa shape index (κ3) is 4.53. The smallest absolute Gasteiger partial charge is 0.219 e. The fourth-order valence-electron chi connectivity index (χ4n) is 1.66. The standard InChI is InChI=1S/C13H21N3O/c1-11(12-7-4-5-9-15-12)16(3)10-6-8-13(17)14-2/h4-5,7,9,11H,6,8,10H2,1-3H3,(H,14,17). The van der Waals surface area contributed by atoms with Crippen LogP contribution in [-0.4, -0.2) is 36.4 Å². The molecule has 1 heterocycles. The second-order valence-corrected chi connectivity index (χ2v) is 4.19. The number of carbonyl (C=O) groups is 1. The fraction of sp³-hybridized carbons (Fsp3) is 0.538. The molecule has 4 heteroatoms. The number of pyridine rings is 1. The summed E-state index contributed by atoms with van der Waals surface area (Å²) in [7, 11) is 3.73. The molecule has 1 unspecified atom stereocenters. The lowest BCUT2D eigenvalue weighted by atomic mass is 10.1. The molecule has 1 aromatic rings. The van der Waals surface area contributed by atoms with Crippen LogP contribution in [-0.2, 0) is 4.79 Å². The van der Waals surface area contributed by atoms with Gasteiger partial charge < -0.3 is 5.32 Å². The lowest BCUT2D eigenvalue weighted by molar-refractivity contribution is -0.120. The molecule has 0 spiro atoms. The quantitative estimate of drug-likeness (QED) is 0.814. The van der Waals surface area contributed by atoms with Crippen molar-refractivity contribution in [2.75, 3.05) is 20.6 Å². The second kappa shape index (κ2) is 7.01. The van der Waals surface area contributed by atoms with Gasteiger partial charge in [0.2, 0.25) is 5.91 Å². The summed E-state index contributed by atoms with van der Waals surface area (Å²) in [6, 6.07) is 6.22. The summed E-state index contributed by atoms with van der Waals surface area (Å²) in [5.74, 6) is 0.101. The number of nitrogens with one attached hydrogen (secondary N) is 1. The van der Waals surface area contributed by atoms with Gasteiger partial charge in [-0.25, -0.2) is 0 Å². The first kappa shape index (κ1) is 13.6. The molecular formula is C13H21N3O. The summed E-state index contributed by atoms with van der Waals surface area (Å²) in [6.45, 7) is 3.02. The van der Waals surface area contributed by atoms with Crippen molar-refractivity contribution in [3.63, 3.8) is 0 Å². The molecule has 1 atom stereocenters. The molecule has 17 heavy (non-hydrogen) atoms. The van der Waals surface area contributed by atoms with Gasteiger partial charge in [0.15, 0.2) is 0 Å². The first-order valence-electron chi connectivity index (χ1n) is 5.97. The van der Waals surface area contributed by atoms with E-state index in [4.69, 9.17) is 0 Å². The van der Waals surface area contributed by atoms with E-state index in [0.717, 1.165) is 18.7 Å². The van der Waals surface area contributed by atoms with E-state index in [0.29, 0.717) is 6.42 Å². The van der Waals surface area contributed by atoms with Gasteiger partial charge in [0.05, 0.1) is 5.69 Å². The Kier molecular flexibility index (Phi) is 5.63. The maximum Gasteiger partial charge on any atom is 0.219 e. The highest BCUT2D eigenvalue weighted by atomic mass is 16.1. The van der Waals surface area contributed by atoms with Crippen LogP contribution in [0.2, 0.25) is 0 Å². The van der Waals surface area contributed by atoms with Gasteiger partial charge in [-0.3, -0.25) is 14.7 Å². The van der Waals surface area contributed by atoms with Crippen molar-refractivity contribution in [2.24, 2.45) is 0 Å². The van der Waals surface area contributed by atoms with Gasteiger partial charge in [-0.05, 0) is 39.1 Å². The predicted octanol–water partition coefficient (Wildman–Crippen LogP) is 1.60. The summed E-state index contributed by atoms with van der Waals surface area (Å²) in [4.78, 5) is 17.6. The number of aromatic nitrogens is 1. The number of rotatable bonds is 6. The summed E-state index contributed by atoms with van der Waals surface area (Å²) in [5.41, 5.74) is 1.06. The summed E-state index contributed by atoms with van der Waals surface area (Å²) in [6.07, 6.45) is 3.26. The molecular weight excluding hydrogens is 214 g/mol. The normalized spacial score (nSPS) is 12.5.